The third-order valence-electron chi connectivity index (χ3n) is 3.94. The number of nitrogens with one attached hydrogen (secondary N) is 1. The molecule has 0 unspecified atom stereocenters. The number of aryl methyl sites for hydroxylation is 2. The van der Waals surface area contributed by atoms with Gasteiger partial charge in [-0.05, 0) is 59.6 Å². The standard InChI is InChI=1S/C18H18BrN3O2/c1-3-21-15-6-4-5-7-16(15)22(18(21)24)11-17(23)20-14-9-8-12(2)10-13(14)19/h4-10H,3,11H2,1-2H3,(H,20,23). The minimum Gasteiger partial charge on any atom is -0.324 e. The fourth-order valence-corrected chi connectivity index (χ4v) is 3.38. The predicted octanol–water partition coefficient (Wildman–Crippen LogP) is 3.53. The van der Waals surface area contributed by atoms with Crippen molar-refractivity contribution in [1.82, 2.24) is 9.13 Å². The lowest BCUT2D eigenvalue weighted by molar-refractivity contribution is -0.116. The van der Waals surface area contributed by atoms with Crippen LogP contribution in [0.1, 0.15) is 12.5 Å². The molecule has 1 aromatic heterocycles. The van der Waals surface area contributed by atoms with Crippen LogP contribution in [0.25, 0.3) is 11.0 Å². The molecule has 0 radical (unpaired) electrons. The van der Waals surface area contributed by atoms with Crippen molar-refractivity contribution in [2.75, 3.05) is 5.32 Å². The first kappa shape index (κ1) is 16.5. The lowest BCUT2D eigenvalue weighted by Crippen LogP contribution is -2.29. The number of hydrogen-bond acceptors (Lipinski definition) is 2. The first-order chi connectivity index (χ1) is 11.5. The van der Waals surface area contributed by atoms with E-state index in [2.05, 4.69) is 21.2 Å². The third-order valence-corrected chi connectivity index (χ3v) is 4.60. The normalized spacial score (nSPS) is 11.0. The van der Waals surface area contributed by atoms with Crippen molar-refractivity contribution in [3.8, 4) is 0 Å². The third kappa shape index (κ3) is 3.01. The summed E-state index contributed by atoms with van der Waals surface area (Å²) in [5, 5.41) is 2.85. The molecule has 3 aromatic rings. The van der Waals surface area contributed by atoms with Gasteiger partial charge in [-0.3, -0.25) is 13.9 Å². The van der Waals surface area contributed by atoms with E-state index >= 15 is 0 Å². The number of halogens is 1. The number of fused-ring (bicyclic) bond motifs is 1. The van der Waals surface area contributed by atoms with Crippen LogP contribution in [0.3, 0.4) is 0 Å². The Bertz CT molecular complexity index is 972. The molecule has 0 saturated heterocycles. The van der Waals surface area contributed by atoms with Gasteiger partial charge >= 0.3 is 5.69 Å². The maximum atomic E-state index is 12.6. The van der Waals surface area contributed by atoms with Gasteiger partial charge in [0.1, 0.15) is 6.54 Å². The molecule has 1 N–H and O–H groups in total. The van der Waals surface area contributed by atoms with Crippen LogP contribution >= 0.6 is 15.9 Å². The van der Waals surface area contributed by atoms with Crippen LogP contribution in [0.4, 0.5) is 5.69 Å². The Morgan fingerprint density at radius 1 is 1.12 bits per heavy atom. The number of anilines is 1. The number of nitrogens with zero attached hydrogens (tertiary/aromatic N) is 2. The zero-order valence-electron chi connectivity index (χ0n) is 13.5. The van der Waals surface area contributed by atoms with Crippen molar-refractivity contribution in [2.24, 2.45) is 0 Å². The van der Waals surface area contributed by atoms with Crippen LogP contribution in [0, 0.1) is 6.92 Å². The van der Waals surface area contributed by atoms with Crippen LogP contribution in [-0.4, -0.2) is 15.0 Å². The van der Waals surface area contributed by atoms with Gasteiger partial charge in [0.15, 0.2) is 0 Å². The summed E-state index contributed by atoms with van der Waals surface area (Å²) < 4.78 is 4.00. The Labute approximate surface area is 148 Å². The maximum Gasteiger partial charge on any atom is 0.329 e. The van der Waals surface area contributed by atoms with Gasteiger partial charge in [0.25, 0.3) is 0 Å². The topological polar surface area (TPSA) is 56.0 Å². The molecule has 3 rings (SSSR count). The average Bonchev–Trinajstić information content (AvgIpc) is 2.82. The van der Waals surface area contributed by atoms with Crippen molar-refractivity contribution in [2.45, 2.75) is 26.9 Å². The van der Waals surface area contributed by atoms with Gasteiger partial charge in [0, 0.05) is 11.0 Å². The zero-order valence-corrected chi connectivity index (χ0v) is 15.1. The molecule has 0 atom stereocenters. The fourth-order valence-electron chi connectivity index (χ4n) is 2.79. The van der Waals surface area contributed by atoms with E-state index in [4.69, 9.17) is 0 Å². The van der Waals surface area contributed by atoms with E-state index in [9.17, 15) is 9.59 Å². The molecule has 0 aliphatic rings. The summed E-state index contributed by atoms with van der Waals surface area (Å²) in [7, 11) is 0. The van der Waals surface area contributed by atoms with E-state index in [0.29, 0.717) is 12.2 Å². The highest BCUT2D eigenvalue weighted by atomic mass is 79.9. The Morgan fingerprint density at radius 2 is 1.79 bits per heavy atom. The molecular formula is C18H18BrN3O2. The smallest absolute Gasteiger partial charge is 0.324 e. The summed E-state index contributed by atoms with van der Waals surface area (Å²) in [5.41, 5.74) is 3.23. The van der Waals surface area contributed by atoms with E-state index in [1.54, 1.807) is 4.57 Å². The number of benzene rings is 2. The fraction of sp³-hybridized carbons (Fsp3) is 0.222. The minimum atomic E-state index is -0.236. The minimum absolute atomic E-state index is 0.0212. The van der Waals surface area contributed by atoms with Gasteiger partial charge in [-0.25, -0.2) is 4.79 Å². The van der Waals surface area contributed by atoms with Crippen LogP contribution < -0.4 is 11.0 Å². The number of rotatable bonds is 4. The van der Waals surface area contributed by atoms with Crippen LogP contribution in [0.5, 0.6) is 0 Å². The van der Waals surface area contributed by atoms with Gasteiger partial charge in [0.2, 0.25) is 5.91 Å². The highest BCUT2D eigenvalue weighted by Crippen LogP contribution is 2.23. The number of imidazole rings is 1. The molecule has 124 valence electrons. The first-order valence-electron chi connectivity index (χ1n) is 7.75. The Kier molecular flexibility index (Phi) is 4.57. The molecule has 0 bridgehead atoms. The summed E-state index contributed by atoms with van der Waals surface area (Å²) in [6.07, 6.45) is 0. The Hall–Kier alpha value is -2.34. The number of amides is 1. The van der Waals surface area contributed by atoms with Gasteiger partial charge in [-0.2, -0.15) is 0 Å². The second kappa shape index (κ2) is 6.65. The monoisotopic (exact) mass is 387 g/mol. The number of aromatic nitrogens is 2. The van der Waals surface area contributed by atoms with Gasteiger partial charge in [-0.15, -0.1) is 0 Å². The molecule has 2 aromatic carbocycles. The molecular weight excluding hydrogens is 370 g/mol. The molecule has 0 spiro atoms. The molecule has 0 aliphatic carbocycles. The van der Waals surface area contributed by atoms with E-state index in [0.717, 1.165) is 21.1 Å². The summed E-state index contributed by atoms with van der Waals surface area (Å²) in [6.45, 7) is 4.45. The van der Waals surface area contributed by atoms with Crippen LogP contribution in [0.2, 0.25) is 0 Å². The van der Waals surface area contributed by atoms with Crippen LogP contribution in [0.15, 0.2) is 51.7 Å². The molecule has 5 nitrogen and oxygen atoms in total. The zero-order chi connectivity index (χ0) is 17.3. The molecule has 0 saturated carbocycles. The maximum absolute atomic E-state index is 12.6. The lowest BCUT2D eigenvalue weighted by Gasteiger charge is -2.09. The second-order valence-corrected chi connectivity index (χ2v) is 6.49. The summed E-state index contributed by atoms with van der Waals surface area (Å²) in [6, 6.07) is 13.2. The first-order valence-corrected chi connectivity index (χ1v) is 8.54. The Morgan fingerprint density at radius 3 is 2.42 bits per heavy atom. The van der Waals surface area contributed by atoms with E-state index in [1.165, 1.54) is 4.57 Å². The highest BCUT2D eigenvalue weighted by Gasteiger charge is 2.15. The van der Waals surface area contributed by atoms with E-state index < -0.39 is 0 Å². The molecule has 6 heteroatoms. The van der Waals surface area contributed by atoms with Gasteiger partial charge in [-0.1, -0.05) is 18.2 Å². The van der Waals surface area contributed by atoms with Crippen molar-refractivity contribution in [3.05, 3.63) is 63.0 Å². The molecule has 1 amide bonds. The largest absolute Gasteiger partial charge is 0.329 e. The summed E-state index contributed by atoms with van der Waals surface area (Å²) in [4.78, 5) is 25.0. The van der Waals surface area contributed by atoms with Gasteiger partial charge < -0.3 is 5.32 Å². The van der Waals surface area contributed by atoms with Crippen molar-refractivity contribution in [3.63, 3.8) is 0 Å². The number of para-hydroxylation sites is 2. The van der Waals surface area contributed by atoms with E-state index in [1.807, 2.05) is 56.3 Å². The van der Waals surface area contributed by atoms with Crippen LogP contribution in [-0.2, 0) is 17.9 Å². The number of carbonyl (C=O) groups excluding carboxylic acids is 1. The molecule has 1 heterocycles. The molecule has 0 aliphatic heterocycles. The van der Waals surface area contributed by atoms with Crippen molar-refractivity contribution >= 4 is 38.6 Å². The highest BCUT2D eigenvalue weighted by molar-refractivity contribution is 9.10. The van der Waals surface area contributed by atoms with Crippen molar-refractivity contribution < 1.29 is 4.79 Å². The van der Waals surface area contributed by atoms with Crippen molar-refractivity contribution in [1.29, 1.82) is 0 Å². The second-order valence-electron chi connectivity index (χ2n) is 5.63. The summed E-state index contributed by atoms with van der Waals surface area (Å²) >= 11 is 3.44. The molecule has 0 fully saturated rings. The number of hydrogen-bond donors (Lipinski definition) is 1. The SMILES string of the molecule is CCn1c(=O)n(CC(=O)Nc2ccc(C)cc2Br)c2ccccc21. The summed E-state index contributed by atoms with van der Waals surface area (Å²) in [5.74, 6) is -0.236. The Balaban J connectivity index is 1.91. The predicted molar refractivity (Wildman–Crippen MR) is 99.4 cm³/mol. The quantitative estimate of drug-likeness (QED) is 0.744. The molecule has 24 heavy (non-hydrogen) atoms. The lowest BCUT2D eigenvalue weighted by atomic mass is 10.2. The van der Waals surface area contributed by atoms with E-state index in [-0.39, 0.29) is 18.1 Å². The van der Waals surface area contributed by atoms with Gasteiger partial charge in [0.05, 0.1) is 16.7 Å². The number of carbonyl (C=O) groups is 1. The average molecular weight is 388 g/mol.